The molecule has 0 radical (unpaired) electrons. The van der Waals surface area contributed by atoms with Crippen LogP contribution in [0.5, 0.6) is 0 Å². The SMILES string of the molecule is CCCNC(CC)c1ccc(-c2ccc(F)cc2F)cc1. The van der Waals surface area contributed by atoms with E-state index in [1.807, 2.05) is 24.3 Å². The van der Waals surface area contributed by atoms with E-state index in [1.165, 1.54) is 17.7 Å². The Balaban J connectivity index is 2.21. The highest BCUT2D eigenvalue weighted by Gasteiger charge is 2.10. The molecule has 0 saturated carbocycles. The van der Waals surface area contributed by atoms with E-state index < -0.39 is 11.6 Å². The molecule has 21 heavy (non-hydrogen) atoms. The van der Waals surface area contributed by atoms with Gasteiger partial charge in [0.2, 0.25) is 0 Å². The molecule has 0 aliphatic carbocycles. The summed E-state index contributed by atoms with van der Waals surface area (Å²) in [7, 11) is 0. The van der Waals surface area contributed by atoms with Gasteiger partial charge in [-0.25, -0.2) is 8.78 Å². The van der Waals surface area contributed by atoms with Crippen molar-refractivity contribution in [3.63, 3.8) is 0 Å². The molecule has 1 atom stereocenters. The van der Waals surface area contributed by atoms with Gasteiger partial charge >= 0.3 is 0 Å². The molecule has 0 fully saturated rings. The quantitative estimate of drug-likeness (QED) is 0.781. The highest BCUT2D eigenvalue weighted by molar-refractivity contribution is 5.64. The Bertz CT molecular complexity index is 578. The van der Waals surface area contributed by atoms with E-state index in [1.54, 1.807) is 0 Å². The molecule has 1 unspecified atom stereocenters. The van der Waals surface area contributed by atoms with E-state index in [4.69, 9.17) is 0 Å². The predicted molar refractivity (Wildman–Crippen MR) is 83.1 cm³/mol. The summed E-state index contributed by atoms with van der Waals surface area (Å²) < 4.78 is 26.7. The molecule has 0 bridgehead atoms. The monoisotopic (exact) mass is 289 g/mol. The molecule has 0 spiro atoms. The molecule has 2 rings (SSSR count). The Kier molecular flexibility index (Phi) is 5.45. The summed E-state index contributed by atoms with van der Waals surface area (Å²) in [5, 5.41) is 3.49. The Morgan fingerprint density at radius 2 is 1.71 bits per heavy atom. The first-order valence-electron chi connectivity index (χ1n) is 7.44. The molecule has 0 amide bonds. The normalized spacial score (nSPS) is 12.4. The van der Waals surface area contributed by atoms with Crippen molar-refractivity contribution in [2.24, 2.45) is 0 Å². The fourth-order valence-corrected chi connectivity index (χ4v) is 2.44. The third-order valence-corrected chi connectivity index (χ3v) is 3.60. The maximum Gasteiger partial charge on any atom is 0.133 e. The molecule has 0 saturated heterocycles. The van der Waals surface area contributed by atoms with Crippen LogP contribution in [0.15, 0.2) is 42.5 Å². The number of nitrogens with one attached hydrogen (secondary N) is 1. The first-order valence-corrected chi connectivity index (χ1v) is 7.44. The number of hydrogen-bond acceptors (Lipinski definition) is 1. The van der Waals surface area contributed by atoms with Crippen LogP contribution >= 0.6 is 0 Å². The lowest BCUT2D eigenvalue weighted by atomic mass is 9.99. The van der Waals surface area contributed by atoms with Gasteiger partial charge in [0.05, 0.1) is 0 Å². The van der Waals surface area contributed by atoms with Crippen LogP contribution in [0.4, 0.5) is 8.78 Å². The van der Waals surface area contributed by atoms with Gasteiger partial charge in [-0.2, -0.15) is 0 Å². The summed E-state index contributed by atoms with van der Waals surface area (Å²) in [4.78, 5) is 0. The molecule has 1 nitrogen and oxygen atoms in total. The molecule has 112 valence electrons. The third kappa shape index (κ3) is 3.88. The summed E-state index contributed by atoms with van der Waals surface area (Å²) >= 11 is 0. The van der Waals surface area contributed by atoms with Crippen molar-refractivity contribution in [1.29, 1.82) is 0 Å². The number of benzene rings is 2. The van der Waals surface area contributed by atoms with E-state index in [0.717, 1.165) is 31.0 Å². The van der Waals surface area contributed by atoms with Crippen LogP contribution < -0.4 is 5.32 Å². The van der Waals surface area contributed by atoms with Gasteiger partial charge in [-0.3, -0.25) is 0 Å². The van der Waals surface area contributed by atoms with Gasteiger partial charge < -0.3 is 5.32 Å². The molecule has 1 N–H and O–H groups in total. The molecule has 0 aliphatic heterocycles. The summed E-state index contributed by atoms with van der Waals surface area (Å²) in [6, 6.07) is 11.8. The van der Waals surface area contributed by atoms with Crippen molar-refractivity contribution in [3.8, 4) is 11.1 Å². The molecular formula is C18H21F2N. The largest absolute Gasteiger partial charge is 0.310 e. The van der Waals surface area contributed by atoms with E-state index in [2.05, 4.69) is 19.2 Å². The van der Waals surface area contributed by atoms with Crippen LogP contribution in [0.25, 0.3) is 11.1 Å². The zero-order valence-corrected chi connectivity index (χ0v) is 12.5. The van der Waals surface area contributed by atoms with Crippen LogP contribution in [0.2, 0.25) is 0 Å². The number of halogens is 2. The van der Waals surface area contributed by atoms with E-state index in [9.17, 15) is 8.78 Å². The molecule has 2 aromatic rings. The van der Waals surface area contributed by atoms with Crippen LogP contribution in [0.3, 0.4) is 0 Å². The summed E-state index contributed by atoms with van der Waals surface area (Å²) in [6.45, 7) is 5.26. The minimum atomic E-state index is -0.553. The summed E-state index contributed by atoms with van der Waals surface area (Å²) in [5.74, 6) is -1.08. The van der Waals surface area contributed by atoms with Gasteiger partial charge in [0.15, 0.2) is 0 Å². The standard InChI is InChI=1S/C18H21F2N/c1-3-11-21-18(4-2)14-7-5-13(6-8-14)16-10-9-15(19)12-17(16)20/h5-10,12,18,21H,3-4,11H2,1-2H3. The Hall–Kier alpha value is -1.74. The lowest BCUT2D eigenvalue weighted by Gasteiger charge is -2.17. The zero-order valence-electron chi connectivity index (χ0n) is 12.5. The molecule has 0 heterocycles. The average Bonchev–Trinajstić information content (AvgIpc) is 2.49. The number of rotatable bonds is 6. The highest BCUT2D eigenvalue weighted by atomic mass is 19.1. The fraction of sp³-hybridized carbons (Fsp3) is 0.333. The van der Waals surface area contributed by atoms with Gasteiger partial charge in [0.25, 0.3) is 0 Å². The lowest BCUT2D eigenvalue weighted by molar-refractivity contribution is 0.518. The summed E-state index contributed by atoms with van der Waals surface area (Å²) in [6.07, 6.45) is 2.10. The first kappa shape index (κ1) is 15.6. The van der Waals surface area contributed by atoms with Gasteiger partial charge in [-0.15, -0.1) is 0 Å². The molecule has 0 aromatic heterocycles. The van der Waals surface area contributed by atoms with Crippen molar-refractivity contribution in [2.45, 2.75) is 32.7 Å². The van der Waals surface area contributed by atoms with Gasteiger partial charge in [0, 0.05) is 17.7 Å². The Morgan fingerprint density at radius 3 is 2.29 bits per heavy atom. The smallest absolute Gasteiger partial charge is 0.133 e. The van der Waals surface area contributed by atoms with Crippen molar-refractivity contribution >= 4 is 0 Å². The average molecular weight is 289 g/mol. The van der Waals surface area contributed by atoms with Crippen LogP contribution in [0.1, 0.15) is 38.3 Å². The zero-order chi connectivity index (χ0) is 15.2. The van der Waals surface area contributed by atoms with Crippen LogP contribution in [-0.2, 0) is 0 Å². The Morgan fingerprint density at radius 1 is 1.00 bits per heavy atom. The van der Waals surface area contributed by atoms with Crippen molar-refractivity contribution in [3.05, 3.63) is 59.7 Å². The molecule has 0 aliphatic rings. The van der Waals surface area contributed by atoms with Gasteiger partial charge in [-0.1, -0.05) is 38.1 Å². The number of hydrogen-bond donors (Lipinski definition) is 1. The first-order chi connectivity index (χ1) is 10.2. The van der Waals surface area contributed by atoms with Gasteiger partial charge in [-0.05, 0) is 42.6 Å². The topological polar surface area (TPSA) is 12.0 Å². The summed E-state index contributed by atoms with van der Waals surface area (Å²) in [5.41, 5.74) is 2.39. The van der Waals surface area contributed by atoms with Gasteiger partial charge in [0.1, 0.15) is 11.6 Å². The minimum absolute atomic E-state index is 0.317. The van der Waals surface area contributed by atoms with Crippen molar-refractivity contribution in [1.82, 2.24) is 5.32 Å². The second-order valence-electron chi connectivity index (χ2n) is 5.16. The highest BCUT2D eigenvalue weighted by Crippen LogP contribution is 2.26. The molecular weight excluding hydrogens is 268 g/mol. The van der Waals surface area contributed by atoms with Crippen molar-refractivity contribution in [2.75, 3.05) is 6.54 Å². The van der Waals surface area contributed by atoms with Crippen LogP contribution in [-0.4, -0.2) is 6.54 Å². The minimum Gasteiger partial charge on any atom is -0.310 e. The maximum absolute atomic E-state index is 13.8. The van der Waals surface area contributed by atoms with Crippen molar-refractivity contribution < 1.29 is 8.78 Å². The van der Waals surface area contributed by atoms with E-state index in [-0.39, 0.29) is 0 Å². The second kappa shape index (κ2) is 7.32. The van der Waals surface area contributed by atoms with E-state index >= 15 is 0 Å². The maximum atomic E-state index is 13.8. The Labute approximate surface area is 125 Å². The van der Waals surface area contributed by atoms with E-state index in [0.29, 0.717) is 11.6 Å². The predicted octanol–water partition coefficient (Wildman–Crippen LogP) is 5.08. The van der Waals surface area contributed by atoms with Crippen LogP contribution in [0, 0.1) is 11.6 Å². The molecule has 2 aromatic carbocycles. The second-order valence-corrected chi connectivity index (χ2v) is 5.16. The fourth-order valence-electron chi connectivity index (χ4n) is 2.44. The third-order valence-electron chi connectivity index (χ3n) is 3.60. The molecule has 3 heteroatoms. The lowest BCUT2D eigenvalue weighted by Crippen LogP contribution is -2.21.